The zero-order valence-electron chi connectivity index (χ0n) is 11.8. The summed E-state index contributed by atoms with van der Waals surface area (Å²) in [4.78, 5) is 8.54. The van der Waals surface area contributed by atoms with Gasteiger partial charge in [0.15, 0.2) is 11.5 Å². The number of rotatable bonds is 7. The third-order valence-corrected chi connectivity index (χ3v) is 2.71. The van der Waals surface area contributed by atoms with Crippen molar-refractivity contribution in [2.75, 3.05) is 25.1 Å². The second-order valence-electron chi connectivity index (χ2n) is 4.07. The summed E-state index contributed by atoms with van der Waals surface area (Å²) in [6.07, 6.45) is 3.32. The highest BCUT2D eigenvalue weighted by Crippen LogP contribution is 2.34. The number of hydrogen-bond acceptors (Lipinski definition) is 5. The highest BCUT2D eigenvalue weighted by Gasteiger charge is 2.11. The van der Waals surface area contributed by atoms with Crippen LogP contribution in [0.2, 0.25) is 0 Å². The quantitative estimate of drug-likeness (QED) is 0.786. The van der Waals surface area contributed by atoms with Crippen molar-refractivity contribution in [3.05, 3.63) is 31.1 Å². The van der Waals surface area contributed by atoms with Crippen LogP contribution in [0.3, 0.4) is 0 Å². The Labute approximate surface area is 118 Å². The molecule has 0 unspecified atom stereocenters. The van der Waals surface area contributed by atoms with Crippen molar-refractivity contribution in [1.29, 1.82) is 0 Å². The molecule has 0 fully saturated rings. The van der Waals surface area contributed by atoms with Crippen LogP contribution in [0.4, 0.5) is 5.82 Å². The monoisotopic (exact) mass is 273 g/mol. The van der Waals surface area contributed by atoms with Gasteiger partial charge in [0.25, 0.3) is 0 Å². The van der Waals surface area contributed by atoms with E-state index in [0.717, 1.165) is 16.7 Å². The Hall–Kier alpha value is -2.30. The summed E-state index contributed by atoms with van der Waals surface area (Å²) in [5, 5.41) is 4.10. The first-order valence-electron chi connectivity index (χ1n) is 6.69. The van der Waals surface area contributed by atoms with Crippen molar-refractivity contribution in [1.82, 2.24) is 9.97 Å². The number of hydrogen-bond donors (Lipinski definition) is 1. The van der Waals surface area contributed by atoms with Crippen molar-refractivity contribution in [2.24, 2.45) is 0 Å². The second-order valence-corrected chi connectivity index (χ2v) is 4.07. The molecule has 0 saturated heterocycles. The van der Waals surface area contributed by atoms with Gasteiger partial charge in [0.2, 0.25) is 0 Å². The van der Waals surface area contributed by atoms with Gasteiger partial charge in [-0.1, -0.05) is 6.08 Å². The van der Waals surface area contributed by atoms with Gasteiger partial charge in [-0.25, -0.2) is 9.97 Å². The first-order valence-corrected chi connectivity index (χ1v) is 6.69. The number of anilines is 1. The largest absolute Gasteiger partial charge is 0.490 e. The molecule has 5 heteroatoms. The molecule has 0 bridgehead atoms. The molecule has 1 heterocycles. The number of benzene rings is 1. The lowest BCUT2D eigenvalue weighted by Gasteiger charge is -2.13. The van der Waals surface area contributed by atoms with Gasteiger partial charge >= 0.3 is 0 Å². The zero-order chi connectivity index (χ0) is 14.4. The van der Waals surface area contributed by atoms with Crippen LogP contribution >= 0.6 is 0 Å². The fraction of sp³-hybridized carbons (Fsp3) is 0.333. The van der Waals surface area contributed by atoms with Crippen molar-refractivity contribution in [3.63, 3.8) is 0 Å². The van der Waals surface area contributed by atoms with E-state index < -0.39 is 0 Å². The molecule has 0 radical (unpaired) electrons. The van der Waals surface area contributed by atoms with Crippen LogP contribution in [-0.2, 0) is 0 Å². The maximum atomic E-state index is 5.63. The number of nitrogens with zero attached hydrogens (tertiary/aromatic N) is 2. The summed E-state index contributed by atoms with van der Waals surface area (Å²) in [6.45, 7) is 9.38. The molecule has 0 saturated carbocycles. The van der Waals surface area contributed by atoms with Crippen molar-refractivity contribution in [2.45, 2.75) is 13.8 Å². The maximum absolute atomic E-state index is 5.63. The van der Waals surface area contributed by atoms with E-state index in [-0.39, 0.29) is 0 Å². The number of ether oxygens (including phenoxy) is 2. The van der Waals surface area contributed by atoms with Gasteiger partial charge < -0.3 is 14.8 Å². The Kier molecular flexibility index (Phi) is 4.76. The third-order valence-electron chi connectivity index (χ3n) is 2.71. The average molecular weight is 273 g/mol. The molecule has 2 aromatic rings. The standard InChI is InChI=1S/C15H19N3O2/c1-4-7-16-15-11-8-13(19-5-2)14(20-6-3)9-12(11)17-10-18-15/h4,8-10H,1,5-7H2,2-3H3,(H,16,17,18). The number of nitrogens with one attached hydrogen (secondary N) is 1. The van der Waals surface area contributed by atoms with Gasteiger partial charge in [-0.15, -0.1) is 6.58 Å². The molecule has 5 nitrogen and oxygen atoms in total. The minimum absolute atomic E-state index is 0.578. The summed E-state index contributed by atoms with van der Waals surface area (Å²) < 4.78 is 11.2. The van der Waals surface area contributed by atoms with Gasteiger partial charge in [0, 0.05) is 18.0 Å². The van der Waals surface area contributed by atoms with Crippen LogP contribution in [0.5, 0.6) is 11.5 Å². The zero-order valence-corrected chi connectivity index (χ0v) is 11.8. The van der Waals surface area contributed by atoms with E-state index in [2.05, 4.69) is 21.9 Å². The first kappa shape index (κ1) is 14.1. The molecule has 0 aliphatic heterocycles. The van der Waals surface area contributed by atoms with Crippen LogP contribution in [0.15, 0.2) is 31.1 Å². The second kappa shape index (κ2) is 6.75. The van der Waals surface area contributed by atoms with Gasteiger partial charge in [-0.3, -0.25) is 0 Å². The number of aromatic nitrogens is 2. The van der Waals surface area contributed by atoms with E-state index >= 15 is 0 Å². The summed E-state index contributed by atoms with van der Waals surface area (Å²) in [5.41, 5.74) is 0.818. The van der Waals surface area contributed by atoms with E-state index in [9.17, 15) is 0 Å². The topological polar surface area (TPSA) is 56.3 Å². The fourth-order valence-electron chi connectivity index (χ4n) is 1.91. The van der Waals surface area contributed by atoms with Crippen LogP contribution in [0, 0.1) is 0 Å². The first-order chi connectivity index (χ1) is 9.80. The van der Waals surface area contributed by atoms with Crippen LogP contribution in [0.1, 0.15) is 13.8 Å². The summed E-state index contributed by atoms with van der Waals surface area (Å²) in [5.74, 6) is 2.17. The Bertz CT molecular complexity index is 599. The van der Waals surface area contributed by atoms with Crippen LogP contribution in [0.25, 0.3) is 10.9 Å². The minimum Gasteiger partial charge on any atom is -0.490 e. The Morgan fingerprint density at radius 3 is 2.50 bits per heavy atom. The molecular weight excluding hydrogens is 254 g/mol. The predicted octanol–water partition coefficient (Wildman–Crippen LogP) is 3.03. The van der Waals surface area contributed by atoms with E-state index in [4.69, 9.17) is 9.47 Å². The molecule has 106 valence electrons. The third kappa shape index (κ3) is 2.99. The van der Waals surface area contributed by atoms with Crippen LogP contribution in [-0.4, -0.2) is 29.7 Å². The number of fused-ring (bicyclic) bond motifs is 1. The van der Waals surface area contributed by atoms with Crippen molar-refractivity contribution >= 4 is 16.7 Å². The molecule has 1 aromatic carbocycles. The van der Waals surface area contributed by atoms with Gasteiger partial charge in [-0.2, -0.15) is 0 Å². The van der Waals surface area contributed by atoms with E-state index in [1.165, 1.54) is 6.33 Å². The molecule has 2 rings (SSSR count). The highest BCUT2D eigenvalue weighted by molar-refractivity contribution is 5.91. The fourth-order valence-corrected chi connectivity index (χ4v) is 1.91. The van der Waals surface area contributed by atoms with Crippen molar-refractivity contribution < 1.29 is 9.47 Å². The SMILES string of the molecule is C=CCNc1ncnc2cc(OCC)c(OCC)cc12. The smallest absolute Gasteiger partial charge is 0.163 e. The van der Waals surface area contributed by atoms with Gasteiger partial charge in [-0.05, 0) is 19.9 Å². The summed E-state index contributed by atoms with van der Waals surface area (Å²) in [6, 6.07) is 3.79. The Balaban J connectivity index is 2.51. The predicted molar refractivity (Wildman–Crippen MR) is 80.6 cm³/mol. The maximum Gasteiger partial charge on any atom is 0.163 e. The van der Waals surface area contributed by atoms with E-state index in [0.29, 0.717) is 31.3 Å². The lowest BCUT2D eigenvalue weighted by atomic mass is 10.2. The minimum atomic E-state index is 0.578. The Morgan fingerprint density at radius 2 is 1.85 bits per heavy atom. The average Bonchev–Trinajstić information content (AvgIpc) is 2.46. The molecule has 0 aliphatic carbocycles. The lowest BCUT2D eigenvalue weighted by molar-refractivity contribution is 0.288. The molecule has 0 spiro atoms. The van der Waals surface area contributed by atoms with Gasteiger partial charge in [0.1, 0.15) is 12.1 Å². The summed E-state index contributed by atoms with van der Waals surface area (Å²) >= 11 is 0. The lowest BCUT2D eigenvalue weighted by Crippen LogP contribution is -2.03. The van der Waals surface area contributed by atoms with E-state index in [1.54, 1.807) is 6.08 Å². The summed E-state index contributed by atoms with van der Waals surface area (Å²) in [7, 11) is 0. The molecular formula is C15H19N3O2. The molecule has 0 atom stereocenters. The highest BCUT2D eigenvalue weighted by atomic mass is 16.5. The molecule has 20 heavy (non-hydrogen) atoms. The molecule has 0 aliphatic rings. The van der Waals surface area contributed by atoms with Crippen molar-refractivity contribution in [3.8, 4) is 11.5 Å². The van der Waals surface area contributed by atoms with Gasteiger partial charge in [0.05, 0.1) is 18.7 Å². The van der Waals surface area contributed by atoms with E-state index in [1.807, 2.05) is 26.0 Å². The van der Waals surface area contributed by atoms with Crippen LogP contribution < -0.4 is 14.8 Å². The normalized spacial score (nSPS) is 10.3. The molecule has 0 amide bonds. The Morgan fingerprint density at radius 1 is 1.15 bits per heavy atom. The molecule has 1 aromatic heterocycles. The molecule has 1 N–H and O–H groups in total.